The zero-order chi connectivity index (χ0) is 25.4. The number of amides is 1. The third-order valence-corrected chi connectivity index (χ3v) is 8.13. The maximum atomic E-state index is 13.6. The van der Waals surface area contributed by atoms with Crippen LogP contribution in [0.5, 0.6) is 0 Å². The molecule has 0 aromatic rings. The van der Waals surface area contributed by atoms with Crippen LogP contribution in [-0.4, -0.2) is 104 Å². The molecule has 2 bridgehead atoms. The molecule has 190 valence electrons. The molecule has 4 aliphatic rings. The number of cyclic esters (lactones) is 1. The Hall–Kier alpha value is -1.68. The topological polar surface area (TPSA) is 127 Å². The molecule has 2 heterocycles. The fraction of sp³-hybridized carbons (Fsp3) is 0.615. The minimum absolute atomic E-state index is 0. The van der Waals surface area contributed by atoms with E-state index in [2.05, 4.69) is 5.32 Å². The smallest absolute Gasteiger partial charge is 0.659 e. The summed E-state index contributed by atoms with van der Waals surface area (Å²) in [4.78, 5) is 52.1. The van der Waals surface area contributed by atoms with Gasteiger partial charge in [0, 0.05) is 31.5 Å². The normalized spacial score (nSPS) is 34.1. The van der Waals surface area contributed by atoms with Gasteiger partial charge in [0.15, 0.2) is 0 Å². The molecule has 1 amide bonds. The summed E-state index contributed by atoms with van der Waals surface area (Å²) in [5, 5.41) is 15.3. The van der Waals surface area contributed by atoms with Gasteiger partial charge in [0.1, 0.15) is 16.6 Å². The molecule has 10 heteroatoms. The molecule has 9 nitrogen and oxygen atoms in total. The van der Waals surface area contributed by atoms with E-state index in [1.807, 2.05) is 6.08 Å². The van der Waals surface area contributed by atoms with Gasteiger partial charge in [0.25, 0.3) is 0 Å². The SMILES string of the molecule is CC(=O)O[C@]12CCC(C(=O)N3CC[N-]CC3)=CC[C@]13CC[C@H]2[C@@](C)(/C=C/C=C(\C)C(=O)[O-])OC3=O.[Ca+2]. The second kappa shape index (κ2) is 11.0. The van der Waals surface area contributed by atoms with Crippen molar-refractivity contribution >= 4 is 61.6 Å². The maximum Gasteiger partial charge on any atom is 2.00 e. The van der Waals surface area contributed by atoms with Crippen LogP contribution < -0.4 is 5.11 Å². The first-order chi connectivity index (χ1) is 16.5. The number of aliphatic carboxylic acids is 1. The molecule has 0 aromatic carbocycles. The fourth-order valence-corrected chi connectivity index (χ4v) is 6.34. The van der Waals surface area contributed by atoms with Crippen molar-refractivity contribution in [1.82, 2.24) is 4.90 Å². The predicted molar refractivity (Wildman–Crippen MR) is 129 cm³/mol. The van der Waals surface area contributed by atoms with Crippen LogP contribution in [0.2, 0.25) is 0 Å². The molecule has 2 aliphatic heterocycles. The van der Waals surface area contributed by atoms with Crippen molar-refractivity contribution in [3.8, 4) is 0 Å². The monoisotopic (exact) mass is 524 g/mol. The molecular weight excluding hydrogens is 492 g/mol. The number of esters is 2. The van der Waals surface area contributed by atoms with Gasteiger partial charge in [-0.25, -0.2) is 0 Å². The standard InChI is InChI=1S/C26H33N2O7.Ca/c1-17(22(31)32)5-4-9-24(3)20-8-11-25(23(33)35-24)10-6-19(7-12-26(20,25)34-18(2)29)21(30)28-15-13-27-14-16-28;/h4-6,9,20H,7-8,10-16H2,1-3H3,(H,31,32);/q-1;+2/p-1/b9-4+,17-5+;/t20-,24+,25+,26-;/m0./s1. The van der Waals surface area contributed by atoms with Gasteiger partial charge in [0.2, 0.25) is 5.91 Å². The van der Waals surface area contributed by atoms with Crippen LogP contribution in [0.15, 0.2) is 35.5 Å². The molecular formula is C26H32CaN2O7. The van der Waals surface area contributed by atoms with Crippen LogP contribution in [0.3, 0.4) is 0 Å². The zero-order valence-electron chi connectivity index (χ0n) is 21.2. The number of carboxylic acid groups (broad SMARTS) is 1. The third-order valence-electron chi connectivity index (χ3n) is 8.13. The van der Waals surface area contributed by atoms with Crippen molar-refractivity contribution in [3.63, 3.8) is 0 Å². The zero-order valence-corrected chi connectivity index (χ0v) is 23.4. The van der Waals surface area contributed by atoms with Gasteiger partial charge >= 0.3 is 49.7 Å². The van der Waals surface area contributed by atoms with Gasteiger partial charge in [0.05, 0.1) is 5.97 Å². The number of carbonyl (C=O) groups excluding carboxylic acids is 4. The average molecular weight is 525 g/mol. The van der Waals surface area contributed by atoms with Gasteiger partial charge in [-0.15, -0.1) is 13.1 Å². The van der Waals surface area contributed by atoms with Crippen LogP contribution in [0.4, 0.5) is 0 Å². The van der Waals surface area contributed by atoms with Gasteiger partial charge in [-0.2, -0.15) is 0 Å². The molecule has 2 saturated heterocycles. The molecule has 1 saturated carbocycles. The Morgan fingerprint density at radius 2 is 1.92 bits per heavy atom. The van der Waals surface area contributed by atoms with Gasteiger partial charge in [-0.3, -0.25) is 14.4 Å². The maximum absolute atomic E-state index is 13.6. The van der Waals surface area contributed by atoms with E-state index in [-0.39, 0.29) is 61.6 Å². The number of carbonyl (C=O) groups is 4. The van der Waals surface area contributed by atoms with Crippen molar-refractivity contribution in [1.29, 1.82) is 0 Å². The summed E-state index contributed by atoms with van der Waals surface area (Å²) in [5.74, 6) is -2.63. The molecule has 2 aliphatic carbocycles. The number of rotatable bonds is 5. The van der Waals surface area contributed by atoms with Crippen LogP contribution in [0.25, 0.3) is 5.32 Å². The summed E-state index contributed by atoms with van der Waals surface area (Å²) < 4.78 is 12.1. The average Bonchev–Trinajstić information content (AvgIpc) is 2.96. The molecule has 0 aromatic heterocycles. The summed E-state index contributed by atoms with van der Waals surface area (Å²) in [6, 6.07) is 0. The number of ether oxygens (including phenoxy) is 2. The Balaban J connectivity index is 0.00000361. The minimum Gasteiger partial charge on any atom is -0.659 e. The number of nitrogens with zero attached hydrogens (tertiary/aromatic N) is 2. The predicted octanol–water partition coefficient (Wildman–Crippen LogP) is 1.20. The molecule has 36 heavy (non-hydrogen) atoms. The summed E-state index contributed by atoms with van der Waals surface area (Å²) in [6.07, 6.45) is 8.47. The quantitative estimate of drug-likeness (QED) is 0.229. The summed E-state index contributed by atoms with van der Waals surface area (Å²) in [5.41, 5.74) is -2.64. The van der Waals surface area contributed by atoms with E-state index in [0.717, 1.165) is 0 Å². The van der Waals surface area contributed by atoms with Gasteiger partial charge < -0.3 is 29.6 Å². The van der Waals surface area contributed by atoms with Crippen molar-refractivity contribution in [3.05, 3.63) is 40.8 Å². The van der Waals surface area contributed by atoms with Crippen molar-refractivity contribution in [2.24, 2.45) is 11.3 Å². The first-order valence-corrected chi connectivity index (χ1v) is 12.2. The van der Waals surface area contributed by atoms with Gasteiger partial charge in [-0.05, 0) is 57.6 Å². The van der Waals surface area contributed by atoms with Crippen molar-refractivity contribution in [2.45, 2.75) is 64.1 Å². The minimum atomic E-state index is -1.29. The van der Waals surface area contributed by atoms with E-state index < -0.39 is 34.5 Å². The molecule has 0 unspecified atom stereocenters. The Bertz CT molecular complexity index is 1030. The summed E-state index contributed by atoms with van der Waals surface area (Å²) in [7, 11) is 0. The van der Waals surface area contributed by atoms with E-state index in [0.29, 0.717) is 57.4 Å². The number of carboxylic acids is 1. The third kappa shape index (κ3) is 4.91. The summed E-state index contributed by atoms with van der Waals surface area (Å²) >= 11 is 0. The number of hydrogen-bond donors (Lipinski definition) is 0. The Morgan fingerprint density at radius 3 is 2.56 bits per heavy atom. The molecule has 0 radical (unpaired) electrons. The molecule has 4 rings (SSSR count). The Morgan fingerprint density at radius 1 is 1.22 bits per heavy atom. The molecule has 0 N–H and O–H groups in total. The number of allylic oxidation sites excluding steroid dienone is 3. The second-order valence-electron chi connectivity index (χ2n) is 10.1. The first kappa shape index (κ1) is 28.9. The number of hydrogen-bond acceptors (Lipinski definition) is 7. The van der Waals surface area contributed by atoms with E-state index in [4.69, 9.17) is 9.47 Å². The second-order valence-corrected chi connectivity index (χ2v) is 10.1. The van der Waals surface area contributed by atoms with Crippen LogP contribution in [0, 0.1) is 11.3 Å². The molecule has 0 spiro atoms. The number of piperazine rings is 1. The molecule has 3 fully saturated rings. The van der Waals surface area contributed by atoms with E-state index in [1.54, 1.807) is 17.9 Å². The van der Waals surface area contributed by atoms with Gasteiger partial charge in [-0.1, -0.05) is 18.2 Å². The fourth-order valence-electron chi connectivity index (χ4n) is 6.34. The largest absolute Gasteiger partial charge is 2.00 e. The van der Waals surface area contributed by atoms with Crippen molar-refractivity contribution < 1.29 is 33.8 Å². The van der Waals surface area contributed by atoms with E-state index in [9.17, 15) is 24.3 Å². The van der Waals surface area contributed by atoms with Crippen molar-refractivity contribution in [2.75, 3.05) is 26.2 Å². The first-order valence-electron chi connectivity index (χ1n) is 12.2. The Kier molecular flexibility index (Phi) is 8.80. The van der Waals surface area contributed by atoms with Crippen LogP contribution in [-0.2, 0) is 28.7 Å². The molecule has 4 atom stereocenters. The summed E-state index contributed by atoms with van der Waals surface area (Å²) in [6.45, 7) is 6.89. The van der Waals surface area contributed by atoms with E-state index in [1.165, 1.54) is 26.0 Å². The van der Waals surface area contributed by atoms with Crippen LogP contribution in [0.1, 0.15) is 52.9 Å². The Labute approximate surface area is 241 Å². The van der Waals surface area contributed by atoms with Crippen LogP contribution >= 0.6 is 0 Å². The van der Waals surface area contributed by atoms with E-state index >= 15 is 0 Å².